The standard InChI is InChI=1S/2C41H35NO4/c1-6-13-29-35-37(39(2,3)40(4)36(29)28-18-11-12-19-30(28)42(40)5)41(46-38(35)43)44-31-22-20-24-14-7-9-16-26(24)33(31)34-27-17-10-8-15-25(27)21-23-32(34)45-41;1-6-13-31(35-25(4)42(5)32-19-12-11-18-30(32)35)38-39(24(2)3)41(46-40(38)43)44-33-22-20-26-14-7-9-16-28(26)36(33)37-29-17-10-8-15-27(29)21-23-34(37)45-41/h2*7-12,14-23H,6,13H2,1-5H3/b;38-31+/t40-;/m1./s1. The van der Waals surface area contributed by atoms with Gasteiger partial charge in [-0.3, -0.25) is 0 Å². The summed E-state index contributed by atoms with van der Waals surface area (Å²) >= 11 is 0. The lowest BCUT2D eigenvalue weighted by atomic mass is 9.58. The third-order valence-electron chi connectivity index (χ3n) is 20.7. The van der Waals surface area contributed by atoms with Crippen LogP contribution < -0.4 is 23.8 Å². The summed E-state index contributed by atoms with van der Waals surface area (Å²) in [6.07, 6.45) is 3.15. The van der Waals surface area contributed by atoms with E-state index in [-0.39, 0.29) is 0 Å². The van der Waals surface area contributed by atoms with Crippen LogP contribution in [0.4, 0.5) is 5.69 Å². The molecule has 1 aliphatic carbocycles. The third kappa shape index (κ3) is 7.85. The van der Waals surface area contributed by atoms with Crippen LogP contribution in [0.1, 0.15) is 91.0 Å². The molecule has 0 radical (unpaired) electrons. The Morgan fingerprint density at radius 2 is 0.913 bits per heavy atom. The second-order valence-corrected chi connectivity index (χ2v) is 26.1. The van der Waals surface area contributed by atoms with Crippen molar-refractivity contribution in [1.29, 1.82) is 0 Å². The van der Waals surface area contributed by atoms with Crippen molar-refractivity contribution in [3.63, 3.8) is 0 Å². The number of carbonyl (C=O) groups excluding carboxylic acids is 2. The summed E-state index contributed by atoms with van der Waals surface area (Å²) < 4.78 is 43.1. The van der Waals surface area contributed by atoms with Crippen LogP contribution in [0.3, 0.4) is 0 Å². The van der Waals surface area contributed by atoms with Crippen LogP contribution in [0.2, 0.25) is 0 Å². The zero-order valence-electron chi connectivity index (χ0n) is 53.5. The Balaban J connectivity index is 0.000000146. The number of esters is 2. The number of para-hydroxylation sites is 2. The number of allylic oxidation sites excluding steroid dienone is 2. The predicted octanol–water partition coefficient (Wildman–Crippen LogP) is 19.5. The van der Waals surface area contributed by atoms with Crippen molar-refractivity contribution in [2.24, 2.45) is 12.5 Å². The summed E-state index contributed by atoms with van der Waals surface area (Å²) in [6.45, 7) is 17.1. The van der Waals surface area contributed by atoms with Crippen LogP contribution >= 0.6 is 0 Å². The van der Waals surface area contributed by atoms with Crippen molar-refractivity contribution in [2.75, 3.05) is 11.9 Å². The quantitative estimate of drug-likeness (QED) is 0.123. The number of benzene rings is 10. The Hall–Kier alpha value is -10.3. The topological polar surface area (TPSA) is 97.7 Å². The molecule has 0 N–H and O–H groups in total. The first-order chi connectivity index (χ1) is 44.5. The SMILES string of the molecule is CCC/C(=C1\C(=O)OC2(Oc3ccc4ccccc4c3-c3c(ccc4ccccc34)O2)C1=C(C)C)c1c(C)n(C)c2ccccc12.CCCC1=C2c3ccccc3N(C)[C@@]2(C)C(C)(C)C2=C1C(=O)OC21Oc2ccc3ccccc3c2-c2c(ccc3ccccc23)O1. The largest absolute Gasteiger partial charge is 0.450 e. The molecule has 1 fully saturated rings. The van der Waals surface area contributed by atoms with Gasteiger partial charge in [-0.2, -0.15) is 0 Å². The van der Waals surface area contributed by atoms with E-state index >= 15 is 0 Å². The molecule has 6 aliphatic rings. The lowest BCUT2D eigenvalue weighted by Gasteiger charge is -2.53. The van der Waals surface area contributed by atoms with Crippen molar-refractivity contribution < 1.29 is 38.0 Å². The van der Waals surface area contributed by atoms with Crippen LogP contribution in [0.25, 0.3) is 87.4 Å². The molecule has 17 rings (SSSR count). The molecular weight excluding hydrogens is 1140 g/mol. The van der Waals surface area contributed by atoms with Gasteiger partial charge >= 0.3 is 23.9 Å². The van der Waals surface area contributed by atoms with Crippen LogP contribution in [0.15, 0.2) is 228 Å². The minimum Gasteiger partial charge on any atom is -0.416 e. The first kappa shape index (κ1) is 56.9. The molecule has 0 bridgehead atoms. The van der Waals surface area contributed by atoms with Crippen LogP contribution in [-0.2, 0) is 26.1 Å². The van der Waals surface area contributed by atoms with Crippen molar-refractivity contribution in [1.82, 2.24) is 4.57 Å². The van der Waals surface area contributed by atoms with Gasteiger partial charge in [-0.25, -0.2) is 9.59 Å². The Morgan fingerprint density at radius 3 is 1.39 bits per heavy atom. The average molecular weight is 1210 g/mol. The number of ether oxygens (including phenoxy) is 6. The van der Waals surface area contributed by atoms with Gasteiger partial charge in [0.25, 0.3) is 0 Å². The molecule has 10 heteroatoms. The van der Waals surface area contributed by atoms with Gasteiger partial charge < -0.3 is 37.9 Å². The van der Waals surface area contributed by atoms with E-state index in [1.54, 1.807) is 0 Å². The van der Waals surface area contributed by atoms with E-state index in [2.05, 4.69) is 180 Å². The molecule has 6 heterocycles. The number of hydrogen-bond donors (Lipinski definition) is 0. The summed E-state index contributed by atoms with van der Waals surface area (Å²) in [5, 5.41) is 9.64. The number of aryl methyl sites for hydroxylation is 1. The van der Waals surface area contributed by atoms with Crippen molar-refractivity contribution >= 4 is 82.8 Å². The maximum Gasteiger partial charge on any atom is 0.450 e. The van der Waals surface area contributed by atoms with Crippen LogP contribution in [-0.4, -0.2) is 41.0 Å². The first-order valence-corrected chi connectivity index (χ1v) is 32.1. The minimum atomic E-state index is -1.81. The van der Waals surface area contributed by atoms with Crippen LogP contribution in [0.5, 0.6) is 23.0 Å². The van der Waals surface area contributed by atoms with Gasteiger partial charge in [0.2, 0.25) is 0 Å². The number of likely N-dealkylation sites (N-methyl/N-ethyl adjacent to an activating group) is 1. The monoisotopic (exact) mass is 1210 g/mol. The zero-order chi connectivity index (χ0) is 63.3. The summed E-state index contributed by atoms with van der Waals surface area (Å²) in [6, 6.07) is 66.3. The van der Waals surface area contributed by atoms with Gasteiger partial charge in [0, 0.05) is 75.2 Å². The van der Waals surface area contributed by atoms with E-state index in [4.69, 9.17) is 28.4 Å². The number of fused-ring (bicyclic) bond motifs is 19. The number of carbonyl (C=O) groups is 2. The van der Waals surface area contributed by atoms with Gasteiger partial charge in [0.05, 0.1) is 27.8 Å². The van der Waals surface area contributed by atoms with E-state index in [1.807, 2.05) is 92.7 Å². The molecule has 5 aliphatic heterocycles. The number of aromatic nitrogens is 1. The highest BCUT2D eigenvalue weighted by atomic mass is 16.9. The molecule has 92 heavy (non-hydrogen) atoms. The van der Waals surface area contributed by atoms with Crippen molar-refractivity contribution in [3.05, 3.63) is 244 Å². The maximum atomic E-state index is 14.4. The average Bonchev–Trinajstić information content (AvgIpc) is 1.48. The lowest BCUT2D eigenvalue weighted by Crippen LogP contribution is -2.60. The fraction of sp³-hybridized carbons (Fsp3) is 0.220. The van der Waals surface area contributed by atoms with Crippen LogP contribution in [0, 0.1) is 12.3 Å². The molecule has 1 atom stereocenters. The third-order valence-corrected chi connectivity index (χ3v) is 20.7. The number of hydrogen-bond acceptors (Lipinski definition) is 9. The van der Waals surface area contributed by atoms with Gasteiger partial charge in [0.15, 0.2) is 0 Å². The van der Waals surface area contributed by atoms with E-state index in [9.17, 15) is 9.59 Å². The Labute approximate surface area is 535 Å². The Kier molecular flexibility index (Phi) is 12.7. The molecule has 0 saturated carbocycles. The highest BCUT2D eigenvalue weighted by Crippen LogP contribution is 2.67. The molecule has 0 unspecified atom stereocenters. The van der Waals surface area contributed by atoms with Crippen molar-refractivity contribution in [3.8, 4) is 45.3 Å². The fourth-order valence-corrected chi connectivity index (χ4v) is 16.3. The van der Waals surface area contributed by atoms with Crippen molar-refractivity contribution in [2.45, 2.75) is 98.6 Å². The predicted molar refractivity (Wildman–Crippen MR) is 368 cm³/mol. The highest BCUT2D eigenvalue weighted by Gasteiger charge is 2.69. The molecule has 0 amide bonds. The minimum absolute atomic E-state index is 0.403. The zero-order valence-corrected chi connectivity index (χ0v) is 53.5. The molecule has 10 nitrogen and oxygen atoms in total. The van der Waals surface area contributed by atoms with E-state index < -0.39 is 34.8 Å². The van der Waals surface area contributed by atoms with E-state index in [0.717, 1.165) is 135 Å². The molecule has 11 aromatic rings. The molecule has 1 aromatic heterocycles. The lowest BCUT2D eigenvalue weighted by molar-refractivity contribution is -0.255. The van der Waals surface area contributed by atoms with Gasteiger partial charge in [-0.15, -0.1) is 0 Å². The Morgan fingerprint density at radius 1 is 0.478 bits per heavy atom. The molecule has 456 valence electrons. The first-order valence-electron chi connectivity index (χ1n) is 32.1. The molecule has 10 aromatic carbocycles. The number of anilines is 1. The fourth-order valence-electron chi connectivity index (χ4n) is 16.3. The smallest absolute Gasteiger partial charge is 0.416 e. The number of nitrogens with zero attached hydrogens (tertiary/aromatic N) is 2. The second-order valence-electron chi connectivity index (χ2n) is 26.1. The highest BCUT2D eigenvalue weighted by molar-refractivity contribution is 6.14. The van der Waals surface area contributed by atoms with Gasteiger partial charge in [-0.05, 0) is 137 Å². The summed E-state index contributed by atoms with van der Waals surface area (Å²) in [5.41, 5.74) is 14.6. The number of rotatable bonds is 5. The van der Waals surface area contributed by atoms with Gasteiger partial charge in [-0.1, -0.05) is 204 Å². The molecule has 1 saturated heterocycles. The van der Waals surface area contributed by atoms with E-state index in [0.29, 0.717) is 46.1 Å². The second kappa shape index (κ2) is 20.6. The normalized spacial score (nSPS) is 18.9. The Bertz CT molecular complexity index is 5030. The maximum absolute atomic E-state index is 14.4. The van der Waals surface area contributed by atoms with E-state index in [1.165, 1.54) is 11.1 Å². The summed E-state index contributed by atoms with van der Waals surface area (Å²) in [5.74, 6) is -2.03. The summed E-state index contributed by atoms with van der Waals surface area (Å²) in [7, 11) is 4.23. The summed E-state index contributed by atoms with van der Waals surface area (Å²) in [4.78, 5) is 31.2. The van der Waals surface area contributed by atoms with Gasteiger partial charge in [0.1, 0.15) is 23.0 Å². The molecular formula is C82H70N2O8. The molecule has 2 spiro atoms.